The quantitative estimate of drug-likeness (QED) is 0.555. The van der Waals surface area contributed by atoms with Crippen LogP contribution in [0.4, 0.5) is 11.5 Å². The average Bonchev–Trinajstić information content (AvgIpc) is 3.27. The molecule has 1 unspecified atom stereocenters. The van der Waals surface area contributed by atoms with Gasteiger partial charge in [0.05, 0.1) is 12.6 Å². The van der Waals surface area contributed by atoms with Gasteiger partial charge in [0, 0.05) is 51.2 Å². The molecule has 0 radical (unpaired) electrons. The summed E-state index contributed by atoms with van der Waals surface area (Å²) >= 11 is 0. The Labute approximate surface area is 175 Å². The summed E-state index contributed by atoms with van der Waals surface area (Å²) in [4.78, 5) is 13.8. The number of hydrogen-bond acceptors (Lipinski definition) is 4. The molecule has 0 amide bonds. The second-order valence-electron chi connectivity index (χ2n) is 7.73. The maximum atomic E-state index is 4.81. The van der Waals surface area contributed by atoms with E-state index < -0.39 is 0 Å². The van der Waals surface area contributed by atoms with E-state index in [-0.39, 0.29) is 6.04 Å². The van der Waals surface area contributed by atoms with Gasteiger partial charge in [-0.1, -0.05) is 18.2 Å². The van der Waals surface area contributed by atoms with E-state index in [9.17, 15) is 0 Å². The van der Waals surface area contributed by atoms with Gasteiger partial charge in [-0.3, -0.25) is 0 Å². The van der Waals surface area contributed by atoms with E-state index in [1.54, 1.807) is 0 Å². The van der Waals surface area contributed by atoms with Gasteiger partial charge in [0.25, 0.3) is 0 Å². The van der Waals surface area contributed by atoms with Crippen molar-refractivity contribution in [2.75, 3.05) is 43.5 Å². The van der Waals surface area contributed by atoms with E-state index in [0.717, 1.165) is 37.0 Å². The SMILES string of the molecule is CCNC(=NCc1cccnc1N(C)C)NC(C)c1cccc(N2CCCC2)c1. The van der Waals surface area contributed by atoms with Crippen molar-refractivity contribution in [1.82, 2.24) is 15.6 Å². The Bertz CT molecular complexity index is 811. The third kappa shape index (κ3) is 5.62. The fourth-order valence-electron chi connectivity index (χ4n) is 3.70. The summed E-state index contributed by atoms with van der Waals surface area (Å²) in [6, 6.07) is 13.1. The molecule has 0 bridgehead atoms. The van der Waals surface area contributed by atoms with Gasteiger partial charge < -0.3 is 20.4 Å². The second kappa shape index (κ2) is 10.1. The molecule has 2 aromatic rings. The molecule has 1 aliphatic heterocycles. The Balaban J connectivity index is 1.71. The molecule has 1 saturated heterocycles. The first-order valence-corrected chi connectivity index (χ1v) is 10.6. The molecule has 1 aromatic carbocycles. The smallest absolute Gasteiger partial charge is 0.192 e. The topological polar surface area (TPSA) is 55.8 Å². The molecule has 2 heterocycles. The molecule has 156 valence electrons. The van der Waals surface area contributed by atoms with Gasteiger partial charge in [0.15, 0.2) is 5.96 Å². The average molecular weight is 395 g/mol. The number of benzene rings is 1. The first kappa shape index (κ1) is 21.0. The van der Waals surface area contributed by atoms with Crippen LogP contribution in [0.1, 0.15) is 43.9 Å². The van der Waals surface area contributed by atoms with Crippen LogP contribution in [0.25, 0.3) is 0 Å². The summed E-state index contributed by atoms with van der Waals surface area (Å²) in [5, 5.41) is 6.92. The number of aliphatic imine (C=N–C) groups is 1. The van der Waals surface area contributed by atoms with E-state index in [2.05, 4.69) is 64.7 Å². The molecule has 0 aliphatic carbocycles. The Kier molecular flexibility index (Phi) is 7.33. The van der Waals surface area contributed by atoms with Crippen LogP contribution >= 0.6 is 0 Å². The maximum Gasteiger partial charge on any atom is 0.192 e. The first-order valence-electron chi connectivity index (χ1n) is 10.6. The molecular formula is C23H34N6. The molecule has 0 saturated carbocycles. The third-order valence-corrected chi connectivity index (χ3v) is 5.24. The molecular weight excluding hydrogens is 360 g/mol. The van der Waals surface area contributed by atoms with Crippen LogP contribution in [0.5, 0.6) is 0 Å². The lowest BCUT2D eigenvalue weighted by Crippen LogP contribution is -2.38. The molecule has 1 atom stereocenters. The van der Waals surface area contributed by atoms with Crippen molar-refractivity contribution in [2.45, 2.75) is 39.3 Å². The van der Waals surface area contributed by atoms with Crippen LogP contribution in [0.2, 0.25) is 0 Å². The normalized spacial score (nSPS) is 15.3. The predicted octanol–water partition coefficient (Wildman–Crippen LogP) is 3.56. The maximum absolute atomic E-state index is 4.81. The van der Waals surface area contributed by atoms with E-state index in [0.29, 0.717) is 6.54 Å². The third-order valence-electron chi connectivity index (χ3n) is 5.24. The zero-order valence-electron chi connectivity index (χ0n) is 18.2. The van der Waals surface area contributed by atoms with Crippen LogP contribution in [0, 0.1) is 0 Å². The molecule has 0 spiro atoms. The molecule has 29 heavy (non-hydrogen) atoms. The van der Waals surface area contributed by atoms with Crippen LogP contribution in [-0.4, -0.2) is 44.7 Å². The van der Waals surface area contributed by atoms with Gasteiger partial charge in [-0.2, -0.15) is 0 Å². The number of nitrogens with zero attached hydrogens (tertiary/aromatic N) is 4. The van der Waals surface area contributed by atoms with E-state index in [1.165, 1.54) is 24.1 Å². The number of guanidine groups is 1. The fourth-order valence-corrected chi connectivity index (χ4v) is 3.70. The lowest BCUT2D eigenvalue weighted by Gasteiger charge is -2.22. The highest BCUT2D eigenvalue weighted by atomic mass is 15.2. The zero-order chi connectivity index (χ0) is 20.6. The van der Waals surface area contributed by atoms with Gasteiger partial charge in [-0.05, 0) is 50.5 Å². The highest BCUT2D eigenvalue weighted by Gasteiger charge is 2.14. The van der Waals surface area contributed by atoms with E-state index in [4.69, 9.17) is 4.99 Å². The minimum atomic E-state index is 0.164. The molecule has 3 rings (SSSR count). The van der Waals surface area contributed by atoms with E-state index in [1.807, 2.05) is 31.3 Å². The summed E-state index contributed by atoms with van der Waals surface area (Å²) in [6.07, 6.45) is 4.40. The highest BCUT2D eigenvalue weighted by molar-refractivity contribution is 5.80. The number of hydrogen-bond donors (Lipinski definition) is 2. The fraction of sp³-hybridized carbons (Fsp3) is 0.478. The predicted molar refractivity (Wildman–Crippen MR) is 123 cm³/mol. The van der Waals surface area contributed by atoms with Crippen LogP contribution in [-0.2, 0) is 6.54 Å². The minimum Gasteiger partial charge on any atom is -0.372 e. The Morgan fingerprint density at radius 1 is 1.21 bits per heavy atom. The second-order valence-corrected chi connectivity index (χ2v) is 7.73. The van der Waals surface area contributed by atoms with Crippen LogP contribution in [0.3, 0.4) is 0 Å². The van der Waals surface area contributed by atoms with Gasteiger partial charge in [-0.15, -0.1) is 0 Å². The van der Waals surface area contributed by atoms with Crippen molar-refractivity contribution < 1.29 is 0 Å². The van der Waals surface area contributed by atoms with Crippen molar-refractivity contribution >= 4 is 17.5 Å². The number of pyridine rings is 1. The van der Waals surface area contributed by atoms with Crippen molar-refractivity contribution in [3.05, 3.63) is 53.7 Å². The molecule has 2 N–H and O–H groups in total. The van der Waals surface area contributed by atoms with Crippen molar-refractivity contribution in [3.63, 3.8) is 0 Å². The number of nitrogens with one attached hydrogen (secondary N) is 2. The minimum absolute atomic E-state index is 0.164. The first-order chi connectivity index (χ1) is 14.1. The zero-order valence-corrected chi connectivity index (χ0v) is 18.2. The molecule has 6 nitrogen and oxygen atoms in total. The monoisotopic (exact) mass is 394 g/mol. The lowest BCUT2D eigenvalue weighted by molar-refractivity contribution is 0.686. The summed E-state index contributed by atoms with van der Waals surface area (Å²) in [5.74, 6) is 1.78. The molecule has 1 aliphatic rings. The number of rotatable bonds is 7. The summed E-state index contributed by atoms with van der Waals surface area (Å²) in [7, 11) is 4.02. The van der Waals surface area contributed by atoms with Crippen molar-refractivity contribution in [2.24, 2.45) is 4.99 Å². The van der Waals surface area contributed by atoms with Crippen LogP contribution in [0.15, 0.2) is 47.6 Å². The van der Waals surface area contributed by atoms with Gasteiger partial charge >= 0.3 is 0 Å². The van der Waals surface area contributed by atoms with Gasteiger partial charge in [0.1, 0.15) is 5.82 Å². The van der Waals surface area contributed by atoms with E-state index >= 15 is 0 Å². The van der Waals surface area contributed by atoms with Crippen molar-refractivity contribution in [1.29, 1.82) is 0 Å². The Morgan fingerprint density at radius 3 is 2.72 bits per heavy atom. The van der Waals surface area contributed by atoms with Crippen LogP contribution < -0.4 is 20.4 Å². The largest absolute Gasteiger partial charge is 0.372 e. The lowest BCUT2D eigenvalue weighted by atomic mass is 10.1. The van der Waals surface area contributed by atoms with Gasteiger partial charge in [-0.25, -0.2) is 9.98 Å². The summed E-state index contributed by atoms with van der Waals surface area (Å²) in [6.45, 7) is 8.00. The molecule has 1 fully saturated rings. The molecule has 1 aromatic heterocycles. The summed E-state index contributed by atoms with van der Waals surface area (Å²) < 4.78 is 0. The van der Waals surface area contributed by atoms with Crippen molar-refractivity contribution in [3.8, 4) is 0 Å². The molecule has 6 heteroatoms. The van der Waals surface area contributed by atoms with Gasteiger partial charge in [0.2, 0.25) is 0 Å². The standard InChI is InChI=1S/C23H34N6/c1-5-24-23(26-17-20-11-9-13-25-22(20)28(3)4)27-18(2)19-10-8-12-21(16-19)29-14-6-7-15-29/h8-13,16,18H,5-7,14-15,17H2,1-4H3,(H2,24,26,27). The number of aromatic nitrogens is 1. The Morgan fingerprint density at radius 2 is 2.00 bits per heavy atom. The Hall–Kier alpha value is -2.76. The number of anilines is 2. The summed E-state index contributed by atoms with van der Waals surface area (Å²) in [5.41, 5.74) is 3.70. The highest BCUT2D eigenvalue weighted by Crippen LogP contribution is 2.24.